The Morgan fingerprint density at radius 3 is 2.84 bits per heavy atom. The average Bonchev–Trinajstić information content (AvgIpc) is 2.80. The molecule has 0 fully saturated rings. The van der Waals surface area contributed by atoms with Gasteiger partial charge in [0.05, 0.1) is 6.54 Å². The van der Waals surface area contributed by atoms with Crippen molar-refractivity contribution in [3.8, 4) is 0 Å². The van der Waals surface area contributed by atoms with Gasteiger partial charge in [0.2, 0.25) is 0 Å². The molecule has 0 aromatic carbocycles. The minimum Gasteiger partial charge on any atom is -0.381 e. The smallest absolute Gasteiger partial charge is 0.191 e. The van der Waals surface area contributed by atoms with Crippen molar-refractivity contribution in [3.05, 3.63) is 11.6 Å². The molecular formula is C17H33IN6O. The van der Waals surface area contributed by atoms with Crippen LogP contribution in [-0.2, 0) is 24.2 Å². The van der Waals surface area contributed by atoms with E-state index in [0.717, 1.165) is 56.8 Å². The maximum Gasteiger partial charge on any atom is 0.191 e. The van der Waals surface area contributed by atoms with E-state index in [1.165, 1.54) is 19.3 Å². The van der Waals surface area contributed by atoms with Crippen LogP contribution in [0, 0.1) is 5.92 Å². The second-order valence-electron chi connectivity index (χ2n) is 6.67. The van der Waals surface area contributed by atoms with Gasteiger partial charge in [-0.05, 0) is 25.2 Å². The van der Waals surface area contributed by atoms with Crippen molar-refractivity contribution in [2.24, 2.45) is 10.9 Å². The molecule has 0 atom stereocenters. The molecule has 0 saturated heterocycles. The van der Waals surface area contributed by atoms with Gasteiger partial charge >= 0.3 is 0 Å². The van der Waals surface area contributed by atoms with Crippen molar-refractivity contribution in [1.29, 1.82) is 0 Å². The summed E-state index contributed by atoms with van der Waals surface area (Å²) in [7, 11) is 1.79. The molecule has 0 radical (unpaired) electrons. The van der Waals surface area contributed by atoms with E-state index in [1.54, 1.807) is 7.05 Å². The number of ether oxygens (including phenoxy) is 1. The number of guanidine groups is 1. The number of hydrogen-bond acceptors (Lipinski definition) is 4. The molecule has 0 saturated carbocycles. The highest BCUT2D eigenvalue weighted by atomic mass is 127. The van der Waals surface area contributed by atoms with Crippen molar-refractivity contribution in [2.75, 3.05) is 26.8 Å². The van der Waals surface area contributed by atoms with Gasteiger partial charge in [0.15, 0.2) is 11.8 Å². The molecule has 2 heterocycles. The number of aryl methyl sites for hydroxylation is 1. The Morgan fingerprint density at radius 1 is 1.24 bits per heavy atom. The number of nitrogens with one attached hydrogen (secondary N) is 2. The van der Waals surface area contributed by atoms with Crippen molar-refractivity contribution in [3.63, 3.8) is 0 Å². The summed E-state index contributed by atoms with van der Waals surface area (Å²) in [4.78, 5) is 4.26. The summed E-state index contributed by atoms with van der Waals surface area (Å²) < 4.78 is 7.84. The molecule has 7 nitrogen and oxygen atoms in total. The third-order valence-corrected chi connectivity index (χ3v) is 4.03. The van der Waals surface area contributed by atoms with Gasteiger partial charge in [-0.2, -0.15) is 0 Å². The Hall–Kier alpha value is -0.900. The van der Waals surface area contributed by atoms with Crippen LogP contribution in [0.4, 0.5) is 0 Å². The third-order valence-electron chi connectivity index (χ3n) is 4.03. The highest BCUT2D eigenvalue weighted by Gasteiger charge is 2.14. The van der Waals surface area contributed by atoms with Gasteiger partial charge in [-0.15, -0.1) is 34.2 Å². The second-order valence-corrected chi connectivity index (χ2v) is 6.67. The van der Waals surface area contributed by atoms with E-state index in [-0.39, 0.29) is 24.0 Å². The Morgan fingerprint density at radius 2 is 2.08 bits per heavy atom. The fourth-order valence-electron chi connectivity index (χ4n) is 2.76. The number of fused-ring (bicyclic) bond motifs is 1. The summed E-state index contributed by atoms with van der Waals surface area (Å²) in [5, 5.41) is 15.3. The van der Waals surface area contributed by atoms with E-state index in [0.29, 0.717) is 12.5 Å². The Labute approximate surface area is 168 Å². The van der Waals surface area contributed by atoms with E-state index in [9.17, 15) is 0 Å². The highest BCUT2D eigenvalue weighted by molar-refractivity contribution is 14.0. The first-order chi connectivity index (χ1) is 11.7. The summed E-state index contributed by atoms with van der Waals surface area (Å²) in [5.74, 6) is 3.50. The number of halogens is 1. The fourth-order valence-corrected chi connectivity index (χ4v) is 2.76. The molecular weight excluding hydrogens is 431 g/mol. The molecule has 1 aromatic rings. The molecule has 0 aliphatic carbocycles. The van der Waals surface area contributed by atoms with Crippen LogP contribution in [-0.4, -0.2) is 47.5 Å². The molecule has 1 aliphatic rings. The van der Waals surface area contributed by atoms with E-state index in [2.05, 4.69) is 44.2 Å². The predicted molar refractivity (Wildman–Crippen MR) is 111 cm³/mol. The van der Waals surface area contributed by atoms with Crippen LogP contribution in [0.3, 0.4) is 0 Å². The van der Waals surface area contributed by atoms with E-state index in [4.69, 9.17) is 4.74 Å². The SMILES string of the molecule is CN=C(NCCCOCC(C)C)NCc1nnc2n1CCCCC2.I. The number of nitrogens with zero attached hydrogens (tertiary/aromatic N) is 4. The average molecular weight is 464 g/mol. The minimum atomic E-state index is 0. The minimum absolute atomic E-state index is 0. The standard InChI is InChI=1S/C17H32N6O.HI/c1-14(2)13-24-11-7-9-19-17(18-3)20-12-16-22-21-15-8-5-4-6-10-23(15)16;/h14H,4-13H2,1-3H3,(H2,18,19,20);1H. The lowest BCUT2D eigenvalue weighted by Crippen LogP contribution is -2.38. The van der Waals surface area contributed by atoms with Crippen LogP contribution in [0.2, 0.25) is 0 Å². The van der Waals surface area contributed by atoms with Gasteiger partial charge in [0.25, 0.3) is 0 Å². The molecule has 0 unspecified atom stereocenters. The van der Waals surface area contributed by atoms with Gasteiger partial charge in [-0.25, -0.2) is 0 Å². The monoisotopic (exact) mass is 464 g/mol. The summed E-state index contributed by atoms with van der Waals surface area (Å²) in [6.45, 7) is 8.44. The van der Waals surface area contributed by atoms with Gasteiger partial charge in [0.1, 0.15) is 5.82 Å². The van der Waals surface area contributed by atoms with E-state index >= 15 is 0 Å². The predicted octanol–water partition coefficient (Wildman–Crippen LogP) is 2.35. The number of aliphatic imine (C=N–C) groups is 1. The van der Waals surface area contributed by atoms with Crippen LogP contribution in [0.5, 0.6) is 0 Å². The Kier molecular flexibility index (Phi) is 11.0. The first-order valence-electron chi connectivity index (χ1n) is 9.14. The normalized spacial score (nSPS) is 14.6. The first-order valence-corrected chi connectivity index (χ1v) is 9.14. The van der Waals surface area contributed by atoms with E-state index in [1.807, 2.05) is 0 Å². The zero-order valence-electron chi connectivity index (χ0n) is 15.8. The Bertz CT molecular complexity index is 517. The van der Waals surface area contributed by atoms with Crippen LogP contribution in [0.25, 0.3) is 0 Å². The topological polar surface area (TPSA) is 76.4 Å². The van der Waals surface area contributed by atoms with Crippen LogP contribution >= 0.6 is 24.0 Å². The lowest BCUT2D eigenvalue weighted by molar-refractivity contribution is 0.108. The molecule has 1 aromatic heterocycles. The molecule has 0 amide bonds. The summed E-state index contributed by atoms with van der Waals surface area (Å²) in [6, 6.07) is 0. The molecule has 25 heavy (non-hydrogen) atoms. The second kappa shape index (κ2) is 12.5. The van der Waals surface area contributed by atoms with Gasteiger partial charge < -0.3 is 19.9 Å². The maximum atomic E-state index is 5.58. The Balaban J connectivity index is 0.00000312. The van der Waals surface area contributed by atoms with Crippen LogP contribution < -0.4 is 10.6 Å². The van der Waals surface area contributed by atoms with Gasteiger partial charge in [-0.3, -0.25) is 4.99 Å². The highest BCUT2D eigenvalue weighted by Crippen LogP contribution is 2.14. The lowest BCUT2D eigenvalue weighted by atomic mass is 10.2. The van der Waals surface area contributed by atoms with Crippen molar-refractivity contribution < 1.29 is 4.74 Å². The lowest BCUT2D eigenvalue weighted by Gasteiger charge is -2.13. The number of hydrogen-bond donors (Lipinski definition) is 2. The zero-order valence-corrected chi connectivity index (χ0v) is 18.1. The summed E-state index contributed by atoms with van der Waals surface area (Å²) >= 11 is 0. The number of rotatable bonds is 8. The molecule has 1 aliphatic heterocycles. The molecule has 0 spiro atoms. The van der Waals surface area contributed by atoms with Crippen molar-refractivity contribution in [2.45, 2.75) is 59.0 Å². The van der Waals surface area contributed by atoms with Gasteiger partial charge in [0, 0.05) is 39.8 Å². The largest absolute Gasteiger partial charge is 0.381 e. The summed E-state index contributed by atoms with van der Waals surface area (Å²) in [5.41, 5.74) is 0. The van der Waals surface area contributed by atoms with Crippen LogP contribution in [0.1, 0.15) is 51.2 Å². The quantitative estimate of drug-likeness (QED) is 0.267. The van der Waals surface area contributed by atoms with E-state index < -0.39 is 0 Å². The van der Waals surface area contributed by atoms with Gasteiger partial charge in [-0.1, -0.05) is 20.3 Å². The zero-order chi connectivity index (χ0) is 17.2. The molecule has 0 bridgehead atoms. The van der Waals surface area contributed by atoms with Crippen molar-refractivity contribution in [1.82, 2.24) is 25.4 Å². The third kappa shape index (κ3) is 7.89. The molecule has 8 heteroatoms. The maximum absolute atomic E-state index is 5.58. The first kappa shape index (κ1) is 22.1. The molecule has 2 rings (SSSR count). The summed E-state index contributed by atoms with van der Waals surface area (Å²) in [6.07, 6.45) is 5.71. The van der Waals surface area contributed by atoms with Crippen LogP contribution in [0.15, 0.2) is 4.99 Å². The number of aromatic nitrogens is 3. The molecule has 2 N–H and O–H groups in total. The molecule has 144 valence electrons. The fraction of sp³-hybridized carbons (Fsp3) is 0.824. The van der Waals surface area contributed by atoms with Crippen molar-refractivity contribution >= 4 is 29.9 Å².